The van der Waals surface area contributed by atoms with Gasteiger partial charge in [-0.1, -0.05) is 24.1 Å². The molecular weight excluding hydrogens is 288 g/mol. The van der Waals surface area contributed by atoms with Gasteiger partial charge in [0.2, 0.25) is 0 Å². The first-order chi connectivity index (χ1) is 10.6. The highest BCUT2D eigenvalue weighted by Gasteiger charge is 2.40. The Labute approximate surface area is 127 Å². The summed E-state index contributed by atoms with van der Waals surface area (Å²) in [6.45, 7) is 4.32. The summed E-state index contributed by atoms with van der Waals surface area (Å²) in [5.41, 5.74) is 0.472. The predicted octanol–water partition coefficient (Wildman–Crippen LogP) is 0.462. The number of hydrogen-bond acceptors (Lipinski definition) is 6. The molecule has 2 heterocycles. The molecule has 1 aromatic rings. The monoisotopic (exact) mass is 304 g/mol. The van der Waals surface area contributed by atoms with Crippen molar-refractivity contribution in [1.82, 2.24) is 9.96 Å². The molecule has 3 rings (SSSR count). The van der Waals surface area contributed by atoms with E-state index in [0.29, 0.717) is 18.2 Å². The first-order valence-corrected chi connectivity index (χ1v) is 7.15. The lowest BCUT2D eigenvalue weighted by atomic mass is 10.1. The van der Waals surface area contributed by atoms with Crippen LogP contribution in [0.5, 0.6) is 0 Å². The first kappa shape index (κ1) is 14.7. The number of carbonyl (C=O) groups excluding carboxylic acids is 3. The molecule has 1 atom stereocenters. The van der Waals surface area contributed by atoms with Gasteiger partial charge >= 0.3 is 5.97 Å². The van der Waals surface area contributed by atoms with E-state index in [9.17, 15) is 14.4 Å². The summed E-state index contributed by atoms with van der Waals surface area (Å²) in [7, 11) is 0. The summed E-state index contributed by atoms with van der Waals surface area (Å²) in [6, 6.07) is 6.36. The Morgan fingerprint density at radius 1 is 1.27 bits per heavy atom. The van der Waals surface area contributed by atoms with Crippen LogP contribution in [-0.2, 0) is 14.4 Å². The number of likely N-dealkylation sites (N-methyl/N-ethyl adjacent to an activating group) is 1. The lowest BCUT2D eigenvalue weighted by molar-refractivity contribution is -0.186. The van der Waals surface area contributed by atoms with Gasteiger partial charge in [-0.2, -0.15) is 0 Å². The molecule has 1 unspecified atom stereocenters. The molecule has 0 aromatic heterocycles. The molecule has 2 aliphatic rings. The number of amides is 2. The van der Waals surface area contributed by atoms with Gasteiger partial charge in [-0.25, -0.2) is 4.79 Å². The van der Waals surface area contributed by atoms with Crippen LogP contribution in [0.3, 0.4) is 0 Å². The summed E-state index contributed by atoms with van der Waals surface area (Å²) in [4.78, 5) is 43.4. The molecule has 2 aliphatic heterocycles. The van der Waals surface area contributed by atoms with E-state index < -0.39 is 23.9 Å². The highest BCUT2D eigenvalue weighted by atomic mass is 16.7. The van der Waals surface area contributed by atoms with Crippen LogP contribution in [0.25, 0.3) is 0 Å². The minimum Gasteiger partial charge on any atom is -0.364 e. The number of fused-ring (bicyclic) bond motifs is 1. The minimum atomic E-state index is -0.794. The molecular formula is C15H16N2O5. The third-order valence-corrected chi connectivity index (χ3v) is 3.80. The second-order valence-electron chi connectivity index (χ2n) is 5.11. The average molecular weight is 304 g/mol. The molecule has 7 nitrogen and oxygen atoms in total. The Bertz CT molecular complexity index is 595. The van der Waals surface area contributed by atoms with Gasteiger partial charge in [0.15, 0.2) is 6.10 Å². The Balaban J connectivity index is 1.70. The number of imide groups is 1. The lowest BCUT2D eigenvalue weighted by Crippen LogP contribution is -2.48. The van der Waals surface area contributed by atoms with Crippen LogP contribution in [-0.4, -0.2) is 60.1 Å². The molecule has 22 heavy (non-hydrogen) atoms. The molecule has 2 amide bonds. The molecule has 0 bridgehead atoms. The Morgan fingerprint density at radius 3 is 2.50 bits per heavy atom. The van der Waals surface area contributed by atoms with Gasteiger partial charge < -0.3 is 9.57 Å². The van der Waals surface area contributed by atoms with E-state index >= 15 is 0 Å². The number of carbonyl (C=O) groups is 3. The number of hydrogen-bond donors (Lipinski definition) is 0. The standard InChI is InChI=1S/C15H16N2O5/c1-2-16-7-8-21-12(9-16)15(20)22-17-13(18)10-5-3-4-6-11(10)14(17)19/h3-6,12H,2,7-9H2,1H3. The van der Waals surface area contributed by atoms with Crippen molar-refractivity contribution in [2.24, 2.45) is 0 Å². The average Bonchev–Trinajstić information content (AvgIpc) is 2.80. The van der Waals surface area contributed by atoms with Crippen molar-refractivity contribution in [2.45, 2.75) is 13.0 Å². The molecule has 1 fully saturated rings. The maximum atomic E-state index is 12.1. The smallest absolute Gasteiger partial charge is 0.362 e. The normalized spacial score (nSPS) is 21.9. The highest BCUT2D eigenvalue weighted by molar-refractivity contribution is 6.20. The van der Waals surface area contributed by atoms with Crippen molar-refractivity contribution in [3.63, 3.8) is 0 Å². The van der Waals surface area contributed by atoms with Gasteiger partial charge in [0.25, 0.3) is 11.8 Å². The fraction of sp³-hybridized carbons (Fsp3) is 0.400. The molecule has 1 aromatic carbocycles. The summed E-state index contributed by atoms with van der Waals surface area (Å²) < 4.78 is 5.36. The number of ether oxygens (including phenoxy) is 1. The second kappa shape index (κ2) is 5.86. The van der Waals surface area contributed by atoms with Gasteiger partial charge in [-0.15, -0.1) is 0 Å². The Hall–Kier alpha value is -2.25. The summed E-state index contributed by atoms with van der Waals surface area (Å²) >= 11 is 0. The van der Waals surface area contributed by atoms with E-state index in [2.05, 4.69) is 0 Å². The zero-order valence-corrected chi connectivity index (χ0v) is 12.2. The largest absolute Gasteiger partial charge is 0.364 e. The SMILES string of the molecule is CCN1CCOC(C(=O)ON2C(=O)c3ccccc3C2=O)C1. The fourth-order valence-electron chi connectivity index (χ4n) is 2.53. The maximum Gasteiger partial charge on any atom is 0.362 e. The van der Waals surface area contributed by atoms with Crippen LogP contribution in [0.1, 0.15) is 27.6 Å². The zero-order valence-electron chi connectivity index (χ0n) is 12.2. The van der Waals surface area contributed by atoms with Gasteiger partial charge in [-0.3, -0.25) is 14.5 Å². The van der Waals surface area contributed by atoms with Crippen LogP contribution in [0, 0.1) is 0 Å². The van der Waals surface area contributed by atoms with E-state index in [1.165, 1.54) is 12.1 Å². The van der Waals surface area contributed by atoms with Crippen molar-refractivity contribution in [2.75, 3.05) is 26.2 Å². The van der Waals surface area contributed by atoms with E-state index in [1.807, 2.05) is 11.8 Å². The number of hydroxylamine groups is 2. The molecule has 0 aliphatic carbocycles. The predicted molar refractivity (Wildman–Crippen MR) is 74.9 cm³/mol. The van der Waals surface area contributed by atoms with Crippen LogP contribution >= 0.6 is 0 Å². The molecule has 0 radical (unpaired) electrons. The van der Waals surface area contributed by atoms with Gasteiger partial charge in [0.1, 0.15) is 0 Å². The number of morpholine rings is 1. The number of rotatable bonds is 3. The third kappa shape index (κ3) is 2.49. The topological polar surface area (TPSA) is 76.2 Å². The number of benzene rings is 1. The van der Waals surface area contributed by atoms with Crippen LogP contribution in [0.4, 0.5) is 0 Å². The van der Waals surface area contributed by atoms with Crippen molar-refractivity contribution < 1.29 is 24.0 Å². The molecule has 116 valence electrons. The Kier molecular flexibility index (Phi) is 3.91. The highest BCUT2D eigenvalue weighted by Crippen LogP contribution is 2.23. The third-order valence-electron chi connectivity index (χ3n) is 3.80. The maximum absolute atomic E-state index is 12.1. The van der Waals surface area contributed by atoms with Gasteiger partial charge in [-0.05, 0) is 18.7 Å². The fourth-order valence-corrected chi connectivity index (χ4v) is 2.53. The van der Waals surface area contributed by atoms with Crippen molar-refractivity contribution in [1.29, 1.82) is 0 Å². The van der Waals surface area contributed by atoms with Crippen LogP contribution in [0.15, 0.2) is 24.3 Å². The van der Waals surface area contributed by atoms with Gasteiger partial charge in [0.05, 0.1) is 17.7 Å². The quantitative estimate of drug-likeness (QED) is 0.755. The first-order valence-electron chi connectivity index (χ1n) is 7.15. The summed E-state index contributed by atoms with van der Waals surface area (Å²) in [5.74, 6) is -1.98. The van der Waals surface area contributed by atoms with E-state index in [1.54, 1.807) is 12.1 Å². The molecule has 0 N–H and O–H groups in total. The van der Waals surface area contributed by atoms with Crippen molar-refractivity contribution in [3.05, 3.63) is 35.4 Å². The molecule has 7 heteroatoms. The molecule has 1 saturated heterocycles. The van der Waals surface area contributed by atoms with E-state index in [-0.39, 0.29) is 11.1 Å². The number of nitrogens with zero attached hydrogens (tertiary/aromatic N) is 2. The zero-order chi connectivity index (χ0) is 15.7. The van der Waals surface area contributed by atoms with Crippen LogP contribution in [0.2, 0.25) is 0 Å². The lowest BCUT2D eigenvalue weighted by Gasteiger charge is -2.30. The van der Waals surface area contributed by atoms with E-state index in [0.717, 1.165) is 13.1 Å². The van der Waals surface area contributed by atoms with E-state index in [4.69, 9.17) is 9.57 Å². The van der Waals surface area contributed by atoms with Gasteiger partial charge in [0, 0.05) is 13.1 Å². The minimum absolute atomic E-state index is 0.236. The second-order valence-corrected chi connectivity index (χ2v) is 5.11. The van der Waals surface area contributed by atoms with Crippen molar-refractivity contribution in [3.8, 4) is 0 Å². The molecule has 0 spiro atoms. The summed E-state index contributed by atoms with van der Waals surface area (Å²) in [6.07, 6.45) is -0.794. The summed E-state index contributed by atoms with van der Waals surface area (Å²) in [5, 5.41) is 0.515. The van der Waals surface area contributed by atoms with Crippen LogP contribution < -0.4 is 0 Å². The Morgan fingerprint density at radius 2 is 1.91 bits per heavy atom. The molecule has 0 saturated carbocycles. The van der Waals surface area contributed by atoms with Crippen molar-refractivity contribution >= 4 is 17.8 Å².